The largest absolute Gasteiger partial charge is 0.496 e. The van der Waals surface area contributed by atoms with Crippen LogP contribution in [0.25, 0.3) is 11.1 Å². The number of methoxy groups -OCH3 is 2. The maximum absolute atomic E-state index is 14.7. The molecule has 3 rings (SSSR count). The molecule has 45 heavy (non-hydrogen) atoms. The summed E-state index contributed by atoms with van der Waals surface area (Å²) in [5, 5.41) is 0. The summed E-state index contributed by atoms with van der Waals surface area (Å²) in [5.74, 6) is -1.69. The minimum atomic E-state index is -5.11. The van der Waals surface area contributed by atoms with Crippen molar-refractivity contribution >= 4 is 12.7 Å². The fourth-order valence-electron chi connectivity index (χ4n) is 4.73. The maximum Gasteiger partial charge on any atom is 0.416 e. The molecular weight excluding hydrogens is 618 g/mol. The Hall–Kier alpha value is -4.20. The summed E-state index contributed by atoms with van der Waals surface area (Å²) in [6.45, 7) is 0.968. The van der Waals surface area contributed by atoms with Crippen LogP contribution in [-0.4, -0.2) is 44.5 Å². The second-order valence-electron chi connectivity index (χ2n) is 9.96. The molecule has 0 bridgehead atoms. The van der Waals surface area contributed by atoms with Gasteiger partial charge in [0, 0.05) is 31.7 Å². The van der Waals surface area contributed by atoms with Crippen LogP contribution in [0.1, 0.15) is 48.1 Å². The second-order valence-corrected chi connectivity index (χ2v) is 9.96. The van der Waals surface area contributed by atoms with Gasteiger partial charge in [0.1, 0.15) is 24.0 Å². The molecule has 3 aromatic carbocycles. The van der Waals surface area contributed by atoms with Crippen molar-refractivity contribution in [1.82, 2.24) is 4.90 Å². The van der Waals surface area contributed by atoms with Crippen LogP contribution in [-0.2, 0) is 33.2 Å². The van der Waals surface area contributed by atoms with Gasteiger partial charge in [0.2, 0.25) is 6.41 Å². The molecule has 244 valence electrons. The average Bonchev–Trinajstić information content (AvgIpc) is 2.98. The zero-order valence-electron chi connectivity index (χ0n) is 24.3. The van der Waals surface area contributed by atoms with Crippen molar-refractivity contribution in [3.8, 4) is 22.6 Å². The predicted octanol–water partition coefficient (Wildman–Crippen LogP) is 7.77. The molecule has 2 unspecified atom stereocenters. The first-order valence-corrected chi connectivity index (χ1v) is 13.4. The fourth-order valence-corrected chi connectivity index (χ4v) is 4.73. The van der Waals surface area contributed by atoms with E-state index in [2.05, 4.69) is 0 Å². The Balaban J connectivity index is 2.05. The summed E-state index contributed by atoms with van der Waals surface area (Å²) in [4.78, 5) is 23.9. The highest BCUT2D eigenvalue weighted by Gasteiger charge is 2.38. The van der Waals surface area contributed by atoms with Gasteiger partial charge in [-0.1, -0.05) is 6.07 Å². The van der Waals surface area contributed by atoms with E-state index in [1.54, 1.807) is 0 Å². The van der Waals surface area contributed by atoms with Crippen molar-refractivity contribution in [3.63, 3.8) is 0 Å². The summed E-state index contributed by atoms with van der Waals surface area (Å²) in [6, 6.07) is 5.66. The topological polar surface area (TPSA) is 65.1 Å². The van der Waals surface area contributed by atoms with Crippen LogP contribution >= 0.6 is 0 Å². The standard InChI is InChI=1S/C31H29F8NO5/c1-18(29(44-3)19-10-21(30(34,35)36)13-22(11-19)31(37,38)39)40(17-42)16-20-12-23(32)6-7-24(20)25-14-28(45-9-5-4-8-41)26(33)15-27(25)43-2/h6-8,10-15,17-18,29H,4-5,9,16H2,1-3H3. The number of amides is 1. The zero-order valence-corrected chi connectivity index (χ0v) is 24.3. The van der Waals surface area contributed by atoms with E-state index in [0.29, 0.717) is 31.2 Å². The third-order valence-corrected chi connectivity index (χ3v) is 6.98. The molecule has 0 aliphatic carbocycles. The van der Waals surface area contributed by atoms with Gasteiger partial charge >= 0.3 is 12.4 Å². The van der Waals surface area contributed by atoms with E-state index in [9.17, 15) is 44.7 Å². The van der Waals surface area contributed by atoms with Crippen LogP contribution in [0.15, 0.2) is 48.5 Å². The van der Waals surface area contributed by atoms with Crippen LogP contribution in [0.4, 0.5) is 35.1 Å². The lowest BCUT2D eigenvalue weighted by atomic mass is 9.95. The van der Waals surface area contributed by atoms with E-state index in [0.717, 1.165) is 30.2 Å². The quantitative estimate of drug-likeness (QED) is 0.102. The smallest absolute Gasteiger partial charge is 0.416 e. The first-order chi connectivity index (χ1) is 21.1. The predicted molar refractivity (Wildman–Crippen MR) is 146 cm³/mol. The van der Waals surface area contributed by atoms with Crippen LogP contribution in [0, 0.1) is 11.6 Å². The normalized spacial score (nSPS) is 13.2. The van der Waals surface area contributed by atoms with Gasteiger partial charge in [0.05, 0.1) is 30.9 Å². The molecule has 0 aliphatic heterocycles. The van der Waals surface area contributed by atoms with E-state index in [-0.39, 0.29) is 47.3 Å². The minimum absolute atomic E-state index is 0.0120. The van der Waals surface area contributed by atoms with Crippen molar-refractivity contribution < 1.29 is 58.9 Å². The molecule has 0 fully saturated rings. The number of halogens is 8. The number of ether oxygens (including phenoxy) is 3. The lowest BCUT2D eigenvalue weighted by Gasteiger charge is -2.33. The summed E-state index contributed by atoms with van der Waals surface area (Å²) in [7, 11) is 2.32. The molecule has 1 amide bonds. The zero-order chi connectivity index (χ0) is 33.5. The van der Waals surface area contributed by atoms with Crippen molar-refractivity contribution in [3.05, 3.63) is 82.4 Å². The number of hydrogen-bond acceptors (Lipinski definition) is 5. The highest BCUT2D eigenvalue weighted by Crippen LogP contribution is 2.40. The Morgan fingerprint density at radius 3 is 2.02 bits per heavy atom. The molecule has 14 heteroatoms. The molecule has 0 spiro atoms. The molecular formula is C31H29F8NO5. The molecule has 3 aromatic rings. The fraction of sp³-hybridized carbons (Fsp3) is 0.355. The number of alkyl halides is 6. The van der Waals surface area contributed by atoms with E-state index in [1.807, 2.05) is 0 Å². The van der Waals surface area contributed by atoms with E-state index < -0.39 is 59.4 Å². The SMILES string of the molecule is COc1cc(F)c(OCCCC=O)cc1-c1ccc(F)cc1CN(C=O)C(C)C(OC)c1cc(C(F)(F)F)cc(C(F)(F)F)c1. The molecule has 0 N–H and O–H groups in total. The Morgan fingerprint density at radius 1 is 0.844 bits per heavy atom. The van der Waals surface area contributed by atoms with Crippen LogP contribution in [0.2, 0.25) is 0 Å². The van der Waals surface area contributed by atoms with E-state index in [4.69, 9.17) is 14.2 Å². The van der Waals surface area contributed by atoms with Gasteiger partial charge in [-0.15, -0.1) is 0 Å². The highest BCUT2D eigenvalue weighted by atomic mass is 19.4. The molecule has 6 nitrogen and oxygen atoms in total. The van der Waals surface area contributed by atoms with Gasteiger partial charge in [0.15, 0.2) is 11.6 Å². The maximum atomic E-state index is 14.7. The van der Waals surface area contributed by atoms with Crippen LogP contribution < -0.4 is 9.47 Å². The van der Waals surface area contributed by atoms with Gasteiger partial charge in [0.25, 0.3) is 0 Å². The minimum Gasteiger partial charge on any atom is -0.496 e. The molecule has 0 heterocycles. The molecule has 0 saturated carbocycles. The van der Waals surface area contributed by atoms with Crippen molar-refractivity contribution in [2.75, 3.05) is 20.8 Å². The summed E-state index contributed by atoms with van der Waals surface area (Å²) in [5.41, 5.74) is -2.97. The van der Waals surface area contributed by atoms with Crippen molar-refractivity contribution in [2.45, 2.75) is 50.8 Å². The number of rotatable bonds is 14. The third-order valence-electron chi connectivity index (χ3n) is 6.98. The number of unbranched alkanes of at least 4 members (excludes halogenated alkanes) is 1. The van der Waals surface area contributed by atoms with Crippen LogP contribution in [0.5, 0.6) is 11.5 Å². The van der Waals surface area contributed by atoms with Crippen molar-refractivity contribution in [2.24, 2.45) is 0 Å². The Kier molecular flexibility index (Phi) is 11.5. The Labute approximate surface area is 253 Å². The molecule has 2 atom stereocenters. The number of carbonyl (C=O) groups excluding carboxylic acids is 2. The van der Waals surface area contributed by atoms with E-state index >= 15 is 0 Å². The number of carbonyl (C=O) groups is 2. The number of aldehydes is 1. The van der Waals surface area contributed by atoms with Crippen molar-refractivity contribution in [1.29, 1.82) is 0 Å². The van der Waals surface area contributed by atoms with Gasteiger partial charge in [-0.2, -0.15) is 26.3 Å². The van der Waals surface area contributed by atoms with Gasteiger partial charge in [-0.25, -0.2) is 8.78 Å². The lowest BCUT2D eigenvalue weighted by molar-refractivity contribution is -0.143. The van der Waals surface area contributed by atoms with Gasteiger partial charge < -0.3 is 23.9 Å². The highest BCUT2D eigenvalue weighted by molar-refractivity contribution is 5.75. The molecule has 0 saturated heterocycles. The van der Waals surface area contributed by atoms with Gasteiger partial charge in [-0.05, 0) is 66.4 Å². The van der Waals surface area contributed by atoms with E-state index in [1.165, 1.54) is 26.2 Å². The number of hydrogen-bond donors (Lipinski definition) is 0. The lowest BCUT2D eigenvalue weighted by Crippen LogP contribution is -2.37. The molecule has 0 radical (unpaired) electrons. The molecule has 0 aliphatic rings. The number of nitrogens with zero attached hydrogens (tertiary/aromatic N) is 1. The summed E-state index contributed by atoms with van der Waals surface area (Å²) < 4.78 is 126. The summed E-state index contributed by atoms with van der Waals surface area (Å²) >= 11 is 0. The van der Waals surface area contributed by atoms with Gasteiger partial charge in [-0.3, -0.25) is 4.79 Å². The first kappa shape index (κ1) is 35.3. The third kappa shape index (κ3) is 8.71. The average molecular weight is 648 g/mol. The molecule has 0 aromatic heterocycles. The Bertz CT molecular complexity index is 1460. The number of benzene rings is 3. The summed E-state index contributed by atoms with van der Waals surface area (Å²) in [6.07, 6.45) is -10.2. The second kappa shape index (κ2) is 14.7. The van der Waals surface area contributed by atoms with Crippen LogP contribution in [0.3, 0.4) is 0 Å². The first-order valence-electron chi connectivity index (χ1n) is 13.4. The monoisotopic (exact) mass is 647 g/mol. The Morgan fingerprint density at radius 2 is 1.49 bits per heavy atom.